The van der Waals surface area contributed by atoms with Crippen molar-refractivity contribution in [1.29, 1.82) is 0 Å². The third-order valence-corrected chi connectivity index (χ3v) is 3.67. The largest absolute Gasteiger partial charge is 0.393 e. The molecule has 0 aliphatic carbocycles. The van der Waals surface area contributed by atoms with Crippen molar-refractivity contribution in [1.82, 2.24) is 4.72 Å². The highest BCUT2D eigenvalue weighted by atomic mass is 32.2. The van der Waals surface area contributed by atoms with E-state index in [-0.39, 0.29) is 12.1 Å². The monoisotopic (exact) mass is 299 g/mol. The molecule has 0 radical (unpaired) electrons. The molecule has 0 saturated carbocycles. The summed E-state index contributed by atoms with van der Waals surface area (Å²) >= 11 is 0. The van der Waals surface area contributed by atoms with Gasteiger partial charge in [-0.1, -0.05) is 0 Å². The van der Waals surface area contributed by atoms with Crippen molar-refractivity contribution in [3.05, 3.63) is 29.6 Å². The number of aliphatic hydroxyl groups is 2. The highest BCUT2D eigenvalue weighted by Gasteiger charge is 2.28. The van der Waals surface area contributed by atoms with E-state index in [4.69, 9.17) is 5.11 Å². The van der Waals surface area contributed by atoms with Crippen molar-refractivity contribution in [3.63, 3.8) is 0 Å². The van der Waals surface area contributed by atoms with E-state index in [1.54, 1.807) is 4.72 Å². The summed E-state index contributed by atoms with van der Waals surface area (Å²) in [6.45, 7) is -0.307. The summed E-state index contributed by atoms with van der Waals surface area (Å²) in [7, 11) is -4.62. The lowest BCUT2D eigenvalue weighted by atomic mass is 10.1. The Morgan fingerprint density at radius 3 is 2.16 bits per heavy atom. The Morgan fingerprint density at radius 2 is 1.74 bits per heavy atom. The minimum Gasteiger partial charge on any atom is -0.393 e. The first kappa shape index (κ1) is 15.9. The molecule has 0 spiro atoms. The maximum atomic E-state index is 13.3. The summed E-state index contributed by atoms with van der Waals surface area (Å²) in [6.07, 6.45) is 0. The molecule has 108 valence electrons. The van der Waals surface area contributed by atoms with Gasteiger partial charge in [0.15, 0.2) is 4.90 Å². The molecule has 0 aliphatic heterocycles. The molecule has 1 rings (SSSR count). The molecule has 1 aromatic carbocycles. The smallest absolute Gasteiger partial charge is 0.246 e. The van der Waals surface area contributed by atoms with Crippen LogP contribution in [0.2, 0.25) is 0 Å². The number of hydrogen-bond acceptors (Lipinski definition) is 4. The molecule has 0 aromatic heterocycles. The van der Waals surface area contributed by atoms with Gasteiger partial charge in [-0.15, -0.1) is 0 Å². The molecule has 3 N–H and O–H groups in total. The third-order valence-electron chi connectivity index (χ3n) is 2.22. The van der Waals surface area contributed by atoms with Gasteiger partial charge in [0, 0.05) is 18.7 Å². The first-order valence-electron chi connectivity index (χ1n) is 5.06. The van der Waals surface area contributed by atoms with Crippen molar-refractivity contribution >= 4 is 10.0 Å². The second kappa shape index (κ2) is 5.45. The Hall–Kier alpha value is -1.16. The lowest BCUT2D eigenvalue weighted by Crippen LogP contribution is -2.43. The predicted molar refractivity (Wildman–Crippen MR) is 59.2 cm³/mol. The highest BCUT2D eigenvalue weighted by Crippen LogP contribution is 2.20. The molecule has 0 heterocycles. The zero-order chi connectivity index (χ0) is 14.8. The minimum absolute atomic E-state index is 0.224. The molecule has 19 heavy (non-hydrogen) atoms. The highest BCUT2D eigenvalue weighted by molar-refractivity contribution is 7.89. The van der Waals surface area contributed by atoms with Crippen LogP contribution in [0, 0.1) is 17.5 Å². The van der Waals surface area contributed by atoms with Crippen molar-refractivity contribution in [2.45, 2.75) is 17.4 Å². The van der Waals surface area contributed by atoms with E-state index in [1.165, 1.54) is 0 Å². The normalized spacial score (nSPS) is 15.3. The quantitative estimate of drug-likeness (QED) is 0.721. The first-order chi connectivity index (χ1) is 8.59. The van der Waals surface area contributed by atoms with Crippen molar-refractivity contribution in [3.8, 4) is 0 Å². The summed E-state index contributed by atoms with van der Waals surface area (Å²) in [5.74, 6) is -4.43. The van der Waals surface area contributed by atoms with Crippen molar-refractivity contribution in [2.24, 2.45) is 0 Å². The second-order valence-corrected chi connectivity index (χ2v) is 5.88. The lowest BCUT2D eigenvalue weighted by molar-refractivity contribution is 0.00679. The van der Waals surface area contributed by atoms with E-state index in [1.807, 2.05) is 0 Å². The minimum atomic E-state index is -4.62. The molecule has 0 saturated heterocycles. The Kier molecular flexibility index (Phi) is 4.56. The van der Waals surface area contributed by atoms with Gasteiger partial charge in [-0.05, 0) is 6.92 Å². The van der Waals surface area contributed by atoms with Crippen LogP contribution in [0.3, 0.4) is 0 Å². The Balaban J connectivity index is 3.09. The molecule has 0 fully saturated rings. The Bertz CT molecular complexity index is 551. The van der Waals surface area contributed by atoms with Gasteiger partial charge < -0.3 is 10.2 Å². The number of hydrogen-bond donors (Lipinski definition) is 3. The fourth-order valence-electron chi connectivity index (χ4n) is 1.16. The zero-order valence-electron chi connectivity index (χ0n) is 9.82. The van der Waals surface area contributed by atoms with E-state index in [0.29, 0.717) is 0 Å². The van der Waals surface area contributed by atoms with Gasteiger partial charge >= 0.3 is 0 Å². The first-order valence-corrected chi connectivity index (χ1v) is 6.55. The van der Waals surface area contributed by atoms with Gasteiger partial charge in [0.25, 0.3) is 0 Å². The molecular weight excluding hydrogens is 287 g/mol. The van der Waals surface area contributed by atoms with Gasteiger partial charge in [-0.2, -0.15) is 0 Å². The van der Waals surface area contributed by atoms with E-state index in [0.717, 1.165) is 6.92 Å². The summed E-state index contributed by atoms with van der Waals surface area (Å²) in [4.78, 5) is -1.34. The Morgan fingerprint density at radius 1 is 1.26 bits per heavy atom. The number of nitrogens with one attached hydrogen (secondary N) is 1. The van der Waals surface area contributed by atoms with E-state index in [2.05, 4.69) is 0 Å². The maximum Gasteiger partial charge on any atom is 0.246 e. The van der Waals surface area contributed by atoms with Crippen LogP contribution in [0.25, 0.3) is 0 Å². The maximum absolute atomic E-state index is 13.3. The third kappa shape index (κ3) is 3.90. The standard InChI is InChI=1S/C10H12F3NO4S/c1-10(16,5-15)4-14-19(17,18)9-7(12)2-6(11)3-8(9)13/h2-3,14-16H,4-5H2,1H3. The molecule has 5 nitrogen and oxygen atoms in total. The lowest BCUT2D eigenvalue weighted by Gasteiger charge is -2.20. The van der Waals surface area contributed by atoms with Crippen molar-refractivity contribution in [2.75, 3.05) is 13.2 Å². The zero-order valence-corrected chi connectivity index (χ0v) is 10.6. The van der Waals surface area contributed by atoms with Gasteiger partial charge in [-0.25, -0.2) is 26.3 Å². The molecule has 1 aromatic rings. The fraction of sp³-hybridized carbons (Fsp3) is 0.400. The van der Waals surface area contributed by atoms with Crippen LogP contribution in [-0.4, -0.2) is 37.4 Å². The number of halogens is 3. The van der Waals surface area contributed by atoms with Gasteiger partial charge in [0.1, 0.15) is 17.5 Å². The van der Waals surface area contributed by atoms with Crippen LogP contribution in [0.15, 0.2) is 17.0 Å². The molecular formula is C10H12F3NO4S. The van der Waals surface area contributed by atoms with Crippen LogP contribution < -0.4 is 4.72 Å². The molecule has 0 bridgehead atoms. The molecule has 0 amide bonds. The summed E-state index contributed by atoms with van der Waals surface area (Å²) in [5.41, 5.74) is -1.79. The van der Waals surface area contributed by atoms with E-state index < -0.39 is 51.1 Å². The number of sulfonamides is 1. The van der Waals surface area contributed by atoms with Crippen LogP contribution in [0.1, 0.15) is 6.92 Å². The topological polar surface area (TPSA) is 86.6 Å². The predicted octanol–water partition coefficient (Wildman–Crippen LogP) is 0.126. The Labute approximate surface area is 107 Å². The summed E-state index contributed by atoms with van der Waals surface area (Å²) in [5, 5.41) is 18.1. The average Bonchev–Trinajstić information content (AvgIpc) is 2.25. The molecule has 1 atom stereocenters. The van der Waals surface area contributed by atoms with Crippen LogP contribution >= 0.6 is 0 Å². The van der Waals surface area contributed by atoms with Gasteiger partial charge in [0.2, 0.25) is 10.0 Å². The second-order valence-electron chi connectivity index (χ2n) is 4.18. The van der Waals surface area contributed by atoms with Gasteiger partial charge in [-0.3, -0.25) is 0 Å². The number of rotatable bonds is 5. The molecule has 9 heteroatoms. The van der Waals surface area contributed by atoms with Crippen molar-refractivity contribution < 1.29 is 31.8 Å². The summed E-state index contributed by atoms with van der Waals surface area (Å²) < 4.78 is 64.3. The number of aliphatic hydroxyl groups excluding tert-OH is 1. The van der Waals surface area contributed by atoms with Crippen LogP contribution in [0.4, 0.5) is 13.2 Å². The van der Waals surface area contributed by atoms with E-state index in [9.17, 15) is 26.7 Å². The number of benzene rings is 1. The molecule has 0 aliphatic rings. The van der Waals surface area contributed by atoms with Gasteiger partial charge in [0.05, 0.1) is 12.2 Å². The molecule has 1 unspecified atom stereocenters. The fourth-order valence-corrected chi connectivity index (χ4v) is 2.44. The SMILES string of the molecule is CC(O)(CO)CNS(=O)(=O)c1c(F)cc(F)cc1F. The average molecular weight is 299 g/mol. The van der Waals surface area contributed by atoms with Crippen LogP contribution in [0.5, 0.6) is 0 Å². The summed E-state index contributed by atoms with van der Waals surface area (Å²) in [6, 6.07) is 0.448. The van der Waals surface area contributed by atoms with E-state index >= 15 is 0 Å². The van der Waals surface area contributed by atoms with Crippen LogP contribution in [-0.2, 0) is 10.0 Å².